The van der Waals surface area contributed by atoms with Crippen LogP contribution in [-0.2, 0) is 9.47 Å². The highest BCUT2D eigenvalue weighted by molar-refractivity contribution is 5.74. The van der Waals surface area contributed by atoms with Gasteiger partial charge in [-0.1, -0.05) is 29.8 Å². The largest absolute Gasteiger partial charge is 0.382 e. The van der Waals surface area contributed by atoms with E-state index in [1.165, 1.54) is 11.1 Å². The Morgan fingerprint density at radius 3 is 3.08 bits per heavy atom. The number of rotatable bonds is 5. The molecule has 4 atom stereocenters. The zero-order chi connectivity index (χ0) is 17.1. The summed E-state index contributed by atoms with van der Waals surface area (Å²) in [5, 5.41) is 3.18. The summed E-state index contributed by atoms with van der Waals surface area (Å²) < 4.78 is 10.7. The van der Waals surface area contributed by atoms with Crippen LogP contribution in [0.3, 0.4) is 0 Å². The van der Waals surface area contributed by atoms with Gasteiger partial charge in [-0.3, -0.25) is 0 Å². The highest BCUT2D eigenvalue weighted by atomic mass is 16.5. The maximum absolute atomic E-state index is 12.5. The zero-order valence-corrected chi connectivity index (χ0v) is 14.8. The number of nitrogens with one attached hydrogen (secondary N) is 1. The summed E-state index contributed by atoms with van der Waals surface area (Å²) in [5.41, 5.74) is 2.69. The molecule has 5 heteroatoms. The highest BCUT2D eigenvalue weighted by Crippen LogP contribution is 2.49. The van der Waals surface area contributed by atoms with E-state index in [-0.39, 0.29) is 18.2 Å². The molecular formula is C19H28N2O3. The molecule has 2 aliphatic rings. The van der Waals surface area contributed by atoms with Crippen molar-refractivity contribution in [1.82, 2.24) is 10.2 Å². The quantitative estimate of drug-likeness (QED) is 0.901. The fraction of sp³-hybridized carbons (Fsp3) is 0.632. The van der Waals surface area contributed by atoms with Crippen molar-refractivity contribution in [3.63, 3.8) is 0 Å². The lowest BCUT2D eigenvalue weighted by Crippen LogP contribution is -2.52. The van der Waals surface area contributed by atoms with Crippen molar-refractivity contribution in [3.8, 4) is 0 Å². The second-order valence-corrected chi connectivity index (χ2v) is 7.05. The molecule has 1 heterocycles. The highest BCUT2D eigenvalue weighted by Gasteiger charge is 2.43. The number of amides is 2. The van der Waals surface area contributed by atoms with Crippen LogP contribution in [0.15, 0.2) is 24.3 Å². The molecule has 3 rings (SSSR count). The number of carbonyl (C=O) groups excluding carboxylic acids is 1. The van der Waals surface area contributed by atoms with Gasteiger partial charge in [0.2, 0.25) is 0 Å². The Balaban J connectivity index is 1.50. The third-order valence-corrected chi connectivity index (χ3v) is 5.08. The lowest BCUT2D eigenvalue weighted by molar-refractivity contribution is -0.0496. The van der Waals surface area contributed by atoms with Crippen LogP contribution in [-0.4, -0.2) is 56.5 Å². The van der Waals surface area contributed by atoms with Crippen LogP contribution in [0.1, 0.15) is 30.4 Å². The van der Waals surface area contributed by atoms with Gasteiger partial charge >= 0.3 is 6.03 Å². The van der Waals surface area contributed by atoms with Gasteiger partial charge in [0, 0.05) is 19.7 Å². The molecule has 0 bridgehead atoms. The molecule has 1 aliphatic heterocycles. The van der Waals surface area contributed by atoms with Gasteiger partial charge in [-0.05, 0) is 37.7 Å². The molecule has 1 aromatic rings. The summed E-state index contributed by atoms with van der Waals surface area (Å²) >= 11 is 0. The number of hydrogen-bond acceptors (Lipinski definition) is 3. The van der Waals surface area contributed by atoms with Crippen molar-refractivity contribution in [2.45, 2.75) is 38.3 Å². The van der Waals surface area contributed by atoms with Gasteiger partial charge < -0.3 is 19.7 Å². The maximum Gasteiger partial charge on any atom is 0.317 e. The van der Waals surface area contributed by atoms with E-state index >= 15 is 0 Å². The minimum atomic E-state index is -0.0224. The fourth-order valence-corrected chi connectivity index (χ4v) is 3.63. The van der Waals surface area contributed by atoms with Crippen molar-refractivity contribution in [2.24, 2.45) is 5.92 Å². The molecule has 1 aliphatic carbocycles. The Morgan fingerprint density at radius 1 is 1.50 bits per heavy atom. The van der Waals surface area contributed by atoms with Crippen LogP contribution in [0, 0.1) is 12.8 Å². The first-order chi connectivity index (χ1) is 11.6. The zero-order valence-electron chi connectivity index (χ0n) is 14.8. The molecule has 0 aromatic heterocycles. The van der Waals surface area contributed by atoms with E-state index < -0.39 is 0 Å². The Bertz CT molecular complexity index is 575. The van der Waals surface area contributed by atoms with Crippen LogP contribution in [0.25, 0.3) is 0 Å². The summed E-state index contributed by atoms with van der Waals surface area (Å²) in [6.45, 7) is 6.58. The molecule has 5 nitrogen and oxygen atoms in total. The standard InChI is InChI=1S/C19H28N2O3/c1-13-5-4-6-15(9-13)18-10-17(18)14(2)20-19(22)21-7-8-24-16(11-21)12-23-3/h4-6,9,14,16-18H,7-8,10-12H2,1-3H3,(H,20,22)/t14-,16+,17-,18+/m1/s1. The summed E-state index contributed by atoms with van der Waals surface area (Å²) in [6, 6.07) is 8.90. The molecule has 0 spiro atoms. The van der Waals surface area contributed by atoms with Crippen molar-refractivity contribution < 1.29 is 14.3 Å². The number of methoxy groups -OCH3 is 1. The van der Waals surface area contributed by atoms with E-state index in [2.05, 4.69) is 43.4 Å². The number of hydrogen-bond donors (Lipinski definition) is 1. The normalized spacial score (nSPS) is 27.6. The van der Waals surface area contributed by atoms with E-state index in [0.29, 0.717) is 38.1 Å². The second kappa shape index (κ2) is 7.53. The van der Waals surface area contributed by atoms with Crippen molar-refractivity contribution in [3.05, 3.63) is 35.4 Å². The SMILES string of the molecule is COC[C@@H]1CN(C(=O)N[C@H](C)[C@H]2C[C@H]2c2cccc(C)c2)CCO1. The number of carbonyl (C=O) groups is 1. The number of ether oxygens (including phenoxy) is 2. The van der Waals surface area contributed by atoms with Crippen LogP contribution < -0.4 is 5.32 Å². The third kappa shape index (κ3) is 4.08. The average molecular weight is 332 g/mol. The van der Waals surface area contributed by atoms with E-state index in [4.69, 9.17) is 9.47 Å². The molecule has 1 saturated carbocycles. The fourth-order valence-electron chi connectivity index (χ4n) is 3.63. The first-order valence-corrected chi connectivity index (χ1v) is 8.81. The third-order valence-electron chi connectivity index (χ3n) is 5.08. The predicted molar refractivity (Wildman–Crippen MR) is 93.2 cm³/mol. The summed E-state index contributed by atoms with van der Waals surface area (Å²) in [7, 11) is 1.66. The van der Waals surface area contributed by atoms with Crippen LogP contribution >= 0.6 is 0 Å². The van der Waals surface area contributed by atoms with E-state index in [1.807, 2.05) is 4.90 Å². The monoisotopic (exact) mass is 332 g/mol. The molecule has 1 N–H and O–H groups in total. The Hall–Kier alpha value is -1.59. The smallest absolute Gasteiger partial charge is 0.317 e. The maximum atomic E-state index is 12.5. The molecule has 0 radical (unpaired) electrons. The van der Waals surface area contributed by atoms with E-state index in [0.717, 1.165) is 6.42 Å². The van der Waals surface area contributed by atoms with Gasteiger partial charge in [-0.2, -0.15) is 0 Å². The molecule has 2 amide bonds. The Morgan fingerprint density at radius 2 is 2.33 bits per heavy atom. The molecule has 24 heavy (non-hydrogen) atoms. The minimum Gasteiger partial charge on any atom is -0.382 e. The number of benzene rings is 1. The first-order valence-electron chi connectivity index (χ1n) is 8.81. The summed E-state index contributed by atoms with van der Waals surface area (Å²) in [4.78, 5) is 14.3. The molecule has 132 valence electrons. The van der Waals surface area contributed by atoms with Crippen molar-refractivity contribution >= 4 is 6.03 Å². The molecule has 0 unspecified atom stereocenters. The number of morpholine rings is 1. The van der Waals surface area contributed by atoms with Crippen LogP contribution in [0.5, 0.6) is 0 Å². The van der Waals surface area contributed by atoms with Gasteiger partial charge in [0.1, 0.15) is 0 Å². The molecule has 1 aromatic carbocycles. The Labute approximate surface area is 144 Å². The molecular weight excluding hydrogens is 304 g/mol. The molecule has 2 fully saturated rings. The minimum absolute atomic E-state index is 0.0156. The van der Waals surface area contributed by atoms with Gasteiger partial charge in [-0.25, -0.2) is 4.79 Å². The first kappa shape index (κ1) is 17.2. The topological polar surface area (TPSA) is 50.8 Å². The lowest BCUT2D eigenvalue weighted by Gasteiger charge is -2.33. The predicted octanol–water partition coefficient (Wildman–Crippen LogP) is 2.54. The van der Waals surface area contributed by atoms with Gasteiger partial charge in [0.05, 0.1) is 25.9 Å². The van der Waals surface area contributed by atoms with Gasteiger partial charge in [0.25, 0.3) is 0 Å². The number of urea groups is 1. The second-order valence-electron chi connectivity index (χ2n) is 7.05. The summed E-state index contributed by atoms with van der Waals surface area (Å²) in [6.07, 6.45) is 1.13. The van der Waals surface area contributed by atoms with Gasteiger partial charge in [-0.15, -0.1) is 0 Å². The molecule has 1 saturated heterocycles. The summed E-state index contributed by atoms with van der Waals surface area (Å²) in [5.74, 6) is 1.11. The van der Waals surface area contributed by atoms with Crippen molar-refractivity contribution in [1.29, 1.82) is 0 Å². The van der Waals surface area contributed by atoms with Crippen LogP contribution in [0.2, 0.25) is 0 Å². The average Bonchev–Trinajstić information content (AvgIpc) is 3.36. The van der Waals surface area contributed by atoms with E-state index in [1.54, 1.807) is 7.11 Å². The van der Waals surface area contributed by atoms with Gasteiger partial charge in [0.15, 0.2) is 0 Å². The lowest BCUT2D eigenvalue weighted by atomic mass is 10.0. The number of aryl methyl sites for hydroxylation is 1. The van der Waals surface area contributed by atoms with Crippen molar-refractivity contribution in [2.75, 3.05) is 33.4 Å². The Kier molecular flexibility index (Phi) is 5.41. The number of nitrogens with zero attached hydrogens (tertiary/aromatic N) is 1. The van der Waals surface area contributed by atoms with Crippen LogP contribution in [0.4, 0.5) is 4.79 Å². The van der Waals surface area contributed by atoms with E-state index in [9.17, 15) is 4.79 Å².